The van der Waals surface area contributed by atoms with Gasteiger partial charge in [0.1, 0.15) is 5.75 Å². The van der Waals surface area contributed by atoms with E-state index in [1.165, 1.54) is 0 Å². The molecule has 0 aliphatic carbocycles. The van der Waals surface area contributed by atoms with Crippen LogP contribution in [0.2, 0.25) is 0 Å². The lowest BCUT2D eigenvalue weighted by atomic mass is 9.99. The van der Waals surface area contributed by atoms with Crippen LogP contribution in [-0.2, 0) is 6.61 Å². The summed E-state index contributed by atoms with van der Waals surface area (Å²) < 4.78 is 16.4. The number of nitrogens with one attached hydrogen (secondary N) is 2. The molecule has 0 fully saturated rings. The molecule has 28 heavy (non-hydrogen) atoms. The third-order valence-electron chi connectivity index (χ3n) is 4.51. The highest BCUT2D eigenvalue weighted by Crippen LogP contribution is 2.32. The van der Waals surface area contributed by atoms with Crippen molar-refractivity contribution in [2.75, 3.05) is 14.2 Å². The fraction of sp³-hybridized carbons (Fsp3) is 0.263. The molecule has 1 aromatic heterocycles. The van der Waals surface area contributed by atoms with Crippen molar-refractivity contribution < 1.29 is 14.2 Å². The van der Waals surface area contributed by atoms with Crippen LogP contribution >= 0.6 is 0 Å². The molecule has 2 heterocycles. The van der Waals surface area contributed by atoms with Gasteiger partial charge in [0.05, 0.1) is 26.0 Å². The summed E-state index contributed by atoms with van der Waals surface area (Å²) >= 11 is 0. The first-order chi connectivity index (χ1) is 13.8. The van der Waals surface area contributed by atoms with Crippen LogP contribution in [0.15, 0.2) is 47.6 Å². The van der Waals surface area contributed by atoms with Gasteiger partial charge in [-0.25, -0.2) is 0 Å². The van der Waals surface area contributed by atoms with Crippen molar-refractivity contribution in [3.8, 4) is 17.2 Å². The van der Waals surface area contributed by atoms with E-state index in [4.69, 9.17) is 14.2 Å². The summed E-state index contributed by atoms with van der Waals surface area (Å²) in [6, 6.07) is 13.9. The summed E-state index contributed by atoms with van der Waals surface area (Å²) in [4.78, 5) is 0. The van der Waals surface area contributed by atoms with E-state index < -0.39 is 0 Å². The van der Waals surface area contributed by atoms with Gasteiger partial charge >= 0.3 is 0 Å². The molecule has 0 radical (unpaired) electrons. The Labute approximate surface area is 161 Å². The van der Waals surface area contributed by atoms with E-state index in [9.17, 15) is 0 Å². The predicted octanol–water partition coefficient (Wildman–Crippen LogP) is 2.23. The summed E-state index contributed by atoms with van der Waals surface area (Å²) in [5.74, 6) is 2.53. The molecular weight excluding hydrogens is 360 g/mol. The number of nitrogens with zero attached hydrogens (tertiary/aromatic N) is 4. The number of tetrazole rings is 1. The van der Waals surface area contributed by atoms with Gasteiger partial charge in [0, 0.05) is 12.0 Å². The van der Waals surface area contributed by atoms with E-state index in [-0.39, 0.29) is 12.6 Å². The molecule has 1 aliphatic rings. The quantitative estimate of drug-likeness (QED) is 0.647. The lowest BCUT2D eigenvalue weighted by Crippen LogP contribution is -2.09. The number of H-pyrrole nitrogens is 1. The second-order valence-electron chi connectivity index (χ2n) is 6.20. The molecule has 1 atom stereocenters. The fourth-order valence-electron chi connectivity index (χ4n) is 3.00. The van der Waals surface area contributed by atoms with Gasteiger partial charge in [-0.1, -0.05) is 17.3 Å². The standard InChI is InChI=1S/C19H20N6O3/c1-26-14-6-3-12(4-7-14)15-10-16(21-20-15)13-5-8-17(18(9-13)27-2)28-11-19-22-24-25-23-19/h3-9,15,20H,10-11H2,1-2H3,(H,22,23,24,25). The van der Waals surface area contributed by atoms with Crippen molar-refractivity contribution in [1.82, 2.24) is 26.0 Å². The van der Waals surface area contributed by atoms with Crippen molar-refractivity contribution in [2.45, 2.75) is 19.1 Å². The SMILES string of the molecule is COc1ccc(C2CC(c3ccc(OCc4nn[nH]n4)c(OC)c3)=NN2)cc1. The van der Waals surface area contributed by atoms with E-state index in [1.54, 1.807) is 14.2 Å². The molecule has 2 N–H and O–H groups in total. The Kier molecular flexibility index (Phi) is 5.05. The number of hydrogen-bond acceptors (Lipinski definition) is 8. The highest BCUT2D eigenvalue weighted by Gasteiger charge is 2.22. The molecule has 0 saturated heterocycles. The van der Waals surface area contributed by atoms with Gasteiger partial charge in [0.25, 0.3) is 0 Å². The number of aromatic nitrogens is 4. The Morgan fingerprint density at radius 2 is 1.89 bits per heavy atom. The topological polar surface area (TPSA) is 107 Å². The fourth-order valence-corrected chi connectivity index (χ4v) is 3.00. The maximum Gasteiger partial charge on any atom is 0.211 e. The number of aromatic amines is 1. The van der Waals surface area contributed by atoms with E-state index in [0.29, 0.717) is 17.3 Å². The molecule has 0 bridgehead atoms. The third kappa shape index (κ3) is 3.73. The summed E-state index contributed by atoms with van der Waals surface area (Å²) in [6.45, 7) is 0.203. The summed E-state index contributed by atoms with van der Waals surface area (Å²) in [6.07, 6.45) is 0.776. The second kappa shape index (κ2) is 7.95. The molecular formula is C19H20N6O3. The van der Waals surface area contributed by atoms with E-state index in [2.05, 4.69) is 31.2 Å². The lowest BCUT2D eigenvalue weighted by molar-refractivity contribution is 0.276. The maximum atomic E-state index is 5.72. The minimum Gasteiger partial charge on any atom is -0.497 e. The van der Waals surface area contributed by atoms with Gasteiger partial charge in [0.15, 0.2) is 18.1 Å². The highest BCUT2D eigenvalue weighted by molar-refractivity contribution is 6.02. The first-order valence-corrected chi connectivity index (χ1v) is 8.76. The second-order valence-corrected chi connectivity index (χ2v) is 6.20. The highest BCUT2D eigenvalue weighted by atomic mass is 16.5. The predicted molar refractivity (Wildman–Crippen MR) is 102 cm³/mol. The number of rotatable bonds is 7. The zero-order valence-corrected chi connectivity index (χ0v) is 15.5. The Hall–Kier alpha value is -3.62. The number of hydrogen-bond donors (Lipinski definition) is 2. The molecule has 1 unspecified atom stereocenters. The van der Waals surface area contributed by atoms with Crippen LogP contribution in [0.1, 0.15) is 29.4 Å². The molecule has 9 nitrogen and oxygen atoms in total. The Morgan fingerprint density at radius 1 is 1.04 bits per heavy atom. The normalized spacial score (nSPS) is 15.6. The molecule has 0 amide bonds. The monoisotopic (exact) mass is 380 g/mol. The summed E-state index contributed by atoms with van der Waals surface area (Å²) in [5.41, 5.74) is 6.30. The average Bonchev–Trinajstić information content (AvgIpc) is 3.44. The van der Waals surface area contributed by atoms with Gasteiger partial charge in [-0.3, -0.25) is 0 Å². The Morgan fingerprint density at radius 3 is 2.61 bits per heavy atom. The molecule has 4 rings (SSSR count). The number of hydrazone groups is 1. The molecule has 144 valence electrons. The van der Waals surface area contributed by atoms with Crippen LogP contribution in [0.3, 0.4) is 0 Å². The summed E-state index contributed by atoms with van der Waals surface area (Å²) in [5, 5.41) is 18.1. The largest absolute Gasteiger partial charge is 0.497 e. The molecule has 0 spiro atoms. The first kappa shape index (κ1) is 17.8. The van der Waals surface area contributed by atoms with E-state index in [0.717, 1.165) is 29.0 Å². The van der Waals surface area contributed by atoms with Crippen LogP contribution in [0.25, 0.3) is 0 Å². The number of ether oxygens (including phenoxy) is 3. The zero-order chi connectivity index (χ0) is 19.3. The van der Waals surface area contributed by atoms with Crippen molar-refractivity contribution in [2.24, 2.45) is 5.10 Å². The summed E-state index contributed by atoms with van der Waals surface area (Å²) in [7, 11) is 3.27. The maximum absolute atomic E-state index is 5.72. The Bertz CT molecular complexity index is 956. The first-order valence-electron chi connectivity index (χ1n) is 8.76. The minimum atomic E-state index is 0.126. The molecule has 1 aliphatic heterocycles. The van der Waals surface area contributed by atoms with Crippen molar-refractivity contribution >= 4 is 5.71 Å². The molecule has 0 saturated carbocycles. The van der Waals surface area contributed by atoms with Crippen molar-refractivity contribution in [3.05, 3.63) is 59.4 Å². The molecule has 3 aromatic rings. The molecule has 9 heteroatoms. The van der Waals surface area contributed by atoms with Crippen LogP contribution < -0.4 is 19.6 Å². The van der Waals surface area contributed by atoms with Crippen LogP contribution in [0.5, 0.6) is 17.2 Å². The van der Waals surface area contributed by atoms with Crippen LogP contribution in [0, 0.1) is 0 Å². The zero-order valence-electron chi connectivity index (χ0n) is 15.5. The lowest BCUT2D eigenvalue weighted by Gasteiger charge is -2.12. The van der Waals surface area contributed by atoms with E-state index >= 15 is 0 Å². The van der Waals surface area contributed by atoms with Gasteiger partial charge in [-0.15, -0.1) is 10.2 Å². The molecule has 2 aromatic carbocycles. The smallest absolute Gasteiger partial charge is 0.211 e. The number of benzene rings is 2. The van der Waals surface area contributed by atoms with Gasteiger partial charge in [0.2, 0.25) is 5.82 Å². The Balaban J connectivity index is 1.45. The average molecular weight is 380 g/mol. The van der Waals surface area contributed by atoms with Gasteiger partial charge in [-0.2, -0.15) is 10.3 Å². The van der Waals surface area contributed by atoms with Gasteiger partial charge in [-0.05, 0) is 35.9 Å². The van der Waals surface area contributed by atoms with Crippen molar-refractivity contribution in [1.29, 1.82) is 0 Å². The third-order valence-corrected chi connectivity index (χ3v) is 4.51. The number of methoxy groups -OCH3 is 2. The van der Waals surface area contributed by atoms with Crippen LogP contribution in [-0.4, -0.2) is 40.6 Å². The van der Waals surface area contributed by atoms with Crippen molar-refractivity contribution in [3.63, 3.8) is 0 Å². The van der Waals surface area contributed by atoms with Crippen LogP contribution in [0.4, 0.5) is 0 Å². The van der Waals surface area contributed by atoms with Gasteiger partial charge < -0.3 is 19.6 Å². The van der Waals surface area contributed by atoms with E-state index in [1.807, 2.05) is 42.5 Å². The minimum absolute atomic E-state index is 0.126.